The summed E-state index contributed by atoms with van der Waals surface area (Å²) in [5.41, 5.74) is 1.29. The monoisotopic (exact) mass is 529 g/mol. The van der Waals surface area contributed by atoms with Crippen LogP contribution in [0, 0.1) is 0 Å². The molecule has 2 aromatic carbocycles. The average Bonchev–Trinajstić information content (AvgIpc) is 3.55. The first-order chi connectivity index (χ1) is 17.6. The Morgan fingerprint density at radius 2 is 1.81 bits per heavy atom. The number of Topliss-reactive ketones (excluding diaryl/α,β-unsaturated/α-hetero) is 1. The second-order valence-corrected chi connectivity index (χ2v) is 10.7. The highest BCUT2D eigenvalue weighted by molar-refractivity contribution is 7.89. The minimum atomic E-state index is -4.42. The van der Waals surface area contributed by atoms with Crippen LogP contribution in [0.4, 0.5) is 13.2 Å². The molecule has 37 heavy (non-hydrogen) atoms. The second-order valence-electron chi connectivity index (χ2n) is 8.85. The van der Waals surface area contributed by atoms with Crippen molar-refractivity contribution in [1.82, 2.24) is 14.5 Å². The second kappa shape index (κ2) is 9.71. The number of sulfonamides is 1. The van der Waals surface area contributed by atoms with Gasteiger partial charge in [-0.3, -0.25) is 4.79 Å². The van der Waals surface area contributed by atoms with Gasteiger partial charge in [-0.2, -0.15) is 27.7 Å². The molecule has 0 unspecified atom stereocenters. The van der Waals surface area contributed by atoms with Crippen LogP contribution in [0.2, 0.25) is 0 Å². The van der Waals surface area contributed by atoms with Gasteiger partial charge in [-0.05, 0) is 49.1 Å². The third-order valence-corrected chi connectivity index (χ3v) is 8.18. The summed E-state index contributed by atoms with van der Waals surface area (Å²) in [6.45, 7) is 0.221. The number of carbonyl (C=O) groups is 1. The standard InChI is InChI=1S/C26H22F3N3O4S/c27-26(28,29)20-9-7-17(8-10-20)19-14-21(31-30-16-19)11-12-23(33)22-5-3-13-32(22)37(34,35)25-15-18-4-1-2-6-24(18)36-25/h1-2,4,6-10,14-16,22H,3,5,11-13H2/t22-/m0/s1. The Hall–Kier alpha value is -3.57. The molecule has 1 aliphatic heterocycles. The van der Waals surface area contributed by atoms with Crippen LogP contribution in [0.25, 0.3) is 22.1 Å². The number of alkyl halides is 3. The van der Waals surface area contributed by atoms with Crippen LogP contribution in [-0.2, 0) is 27.4 Å². The molecule has 0 aliphatic carbocycles. The van der Waals surface area contributed by atoms with Crippen LogP contribution in [0.3, 0.4) is 0 Å². The maximum absolute atomic E-state index is 13.3. The summed E-state index contributed by atoms with van der Waals surface area (Å²) in [4.78, 5) is 13.1. The number of halogens is 3. The highest BCUT2D eigenvalue weighted by Gasteiger charge is 2.40. The summed E-state index contributed by atoms with van der Waals surface area (Å²) in [6, 6.07) is 14.0. The summed E-state index contributed by atoms with van der Waals surface area (Å²) in [6.07, 6.45) is -1.76. The third kappa shape index (κ3) is 5.14. The predicted octanol–water partition coefficient (Wildman–Crippen LogP) is 5.26. The first-order valence-corrected chi connectivity index (χ1v) is 13.1. The molecule has 3 heterocycles. The Labute approximate surface area is 211 Å². The van der Waals surface area contributed by atoms with Crippen molar-refractivity contribution >= 4 is 26.8 Å². The van der Waals surface area contributed by atoms with Gasteiger partial charge in [0.1, 0.15) is 5.58 Å². The van der Waals surface area contributed by atoms with Crippen LogP contribution in [-0.4, -0.2) is 41.3 Å². The molecule has 0 saturated carbocycles. The van der Waals surface area contributed by atoms with Crippen LogP contribution in [0.1, 0.15) is 30.5 Å². The number of furan rings is 1. The van der Waals surface area contributed by atoms with Crippen LogP contribution in [0.5, 0.6) is 0 Å². The van der Waals surface area contributed by atoms with E-state index in [-0.39, 0.29) is 30.3 Å². The van der Waals surface area contributed by atoms with Gasteiger partial charge >= 0.3 is 6.18 Å². The molecule has 0 bridgehead atoms. The summed E-state index contributed by atoms with van der Waals surface area (Å²) >= 11 is 0. The minimum Gasteiger partial charge on any atom is -0.443 e. The van der Waals surface area contributed by atoms with Gasteiger partial charge in [0.25, 0.3) is 10.0 Å². The molecule has 7 nitrogen and oxygen atoms in total. The number of aryl methyl sites for hydroxylation is 1. The van der Waals surface area contributed by atoms with E-state index in [0.717, 1.165) is 12.1 Å². The topological polar surface area (TPSA) is 93.4 Å². The van der Waals surface area contributed by atoms with E-state index in [9.17, 15) is 26.4 Å². The SMILES string of the molecule is O=C(CCc1cc(-c2ccc(C(F)(F)F)cc2)cnn1)[C@@H]1CCCN1S(=O)(=O)c1cc2ccccc2o1. The zero-order chi connectivity index (χ0) is 26.2. The van der Waals surface area contributed by atoms with Crippen molar-refractivity contribution in [2.45, 2.75) is 43.0 Å². The van der Waals surface area contributed by atoms with Crippen LogP contribution >= 0.6 is 0 Å². The van der Waals surface area contributed by atoms with E-state index in [0.29, 0.717) is 40.6 Å². The van der Waals surface area contributed by atoms with Gasteiger partial charge in [-0.1, -0.05) is 30.3 Å². The smallest absolute Gasteiger partial charge is 0.416 e. The number of aromatic nitrogens is 2. The van der Waals surface area contributed by atoms with Crippen molar-refractivity contribution in [3.05, 3.63) is 78.1 Å². The van der Waals surface area contributed by atoms with Crippen molar-refractivity contribution in [2.75, 3.05) is 6.54 Å². The largest absolute Gasteiger partial charge is 0.443 e. The Bertz CT molecular complexity index is 1520. The van der Waals surface area contributed by atoms with E-state index in [1.165, 1.54) is 28.7 Å². The average molecular weight is 530 g/mol. The van der Waals surface area contributed by atoms with Gasteiger partial charge in [0.2, 0.25) is 5.09 Å². The molecular formula is C26H22F3N3O4S. The van der Waals surface area contributed by atoms with Crippen molar-refractivity contribution < 1.29 is 30.8 Å². The molecule has 1 saturated heterocycles. The van der Waals surface area contributed by atoms with Crippen molar-refractivity contribution in [3.8, 4) is 11.1 Å². The lowest BCUT2D eigenvalue weighted by Gasteiger charge is -2.21. The predicted molar refractivity (Wildman–Crippen MR) is 129 cm³/mol. The van der Waals surface area contributed by atoms with Gasteiger partial charge in [-0.15, -0.1) is 0 Å². The number of ketones is 1. The Morgan fingerprint density at radius 1 is 1.05 bits per heavy atom. The molecule has 1 fully saturated rings. The molecule has 2 aromatic heterocycles. The zero-order valence-electron chi connectivity index (χ0n) is 19.5. The number of hydrogen-bond donors (Lipinski definition) is 0. The number of fused-ring (bicyclic) bond motifs is 1. The third-order valence-electron chi connectivity index (χ3n) is 6.42. The molecule has 0 spiro atoms. The normalized spacial score (nSPS) is 16.9. The van der Waals surface area contributed by atoms with E-state index in [4.69, 9.17) is 4.42 Å². The lowest BCUT2D eigenvalue weighted by Crippen LogP contribution is -2.40. The molecule has 1 atom stereocenters. The Balaban J connectivity index is 1.28. The van der Waals surface area contributed by atoms with E-state index < -0.39 is 27.8 Å². The molecule has 0 N–H and O–H groups in total. The van der Waals surface area contributed by atoms with Gasteiger partial charge in [-0.25, -0.2) is 8.42 Å². The highest BCUT2D eigenvalue weighted by Crippen LogP contribution is 2.32. The lowest BCUT2D eigenvalue weighted by molar-refractivity contribution is -0.137. The first kappa shape index (κ1) is 25.1. The molecule has 0 radical (unpaired) electrons. The molecule has 192 valence electrons. The van der Waals surface area contributed by atoms with E-state index in [1.54, 1.807) is 30.3 Å². The van der Waals surface area contributed by atoms with Crippen molar-refractivity contribution in [3.63, 3.8) is 0 Å². The number of rotatable bonds is 7. The number of para-hydroxylation sites is 1. The number of hydrogen-bond acceptors (Lipinski definition) is 6. The number of nitrogens with zero attached hydrogens (tertiary/aromatic N) is 3. The first-order valence-electron chi connectivity index (χ1n) is 11.7. The van der Waals surface area contributed by atoms with Crippen LogP contribution < -0.4 is 0 Å². The van der Waals surface area contributed by atoms with Crippen molar-refractivity contribution in [1.29, 1.82) is 0 Å². The quantitative estimate of drug-likeness (QED) is 0.324. The summed E-state index contributed by atoms with van der Waals surface area (Å²) in [5, 5.41) is 8.42. The van der Waals surface area contributed by atoms with Gasteiger partial charge in [0, 0.05) is 30.0 Å². The molecule has 1 aliphatic rings. The molecule has 5 rings (SSSR count). The molecule has 4 aromatic rings. The Morgan fingerprint density at radius 3 is 2.54 bits per heavy atom. The van der Waals surface area contributed by atoms with Crippen molar-refractivity contribution in [2.24, 2.45) is 0 Å². The minimum absolute atomic E-state index is 0.0436. The molecule has 11 heteroatoms. The maximum atomic E-state index is 13.3. The molecule has 0 amide bonds. The fourth-order valence-electron chi connectivity index (χ4n) is 4.51. The maximum Gasteiger partial charge on any atom is 0.416 e. The summed E-state index contributed by atoms with van der Waals surface area (Å²) < 4.78 is 71.8. The van der Waals surface area contributed by atoms with E-state index in [1.807, 2.05) is 0 Å². The van der Waals surface area contributed by atoms with Gasteiger partial charge in [0.05, 0.1) is 23.5 Å². The zero-order valence-corrected chi connectivity index (χ0v) is 20.3. The van der Waals surface area contributed by atoms with E-state index in [2.05, 4.69) is 10.2 Å². The lowest BCUT2D eigenvalue weighted by atomic mass is 10.0. The molecular weight excluding hydrogens is 507 g/mol. The highest BCUT2D eigenvalue weighted by atomic mass is 32.2. The van der Waals surface area contributed by atoms with Gasteiger partial charge in [0.15, 0.2) is 5.78 Å². The van der Waals surface area contributed by atoms with Crippen LogP contribution in [0.15, 0.2) is 76.4 Å². The summed E-state index contributed by atoms with van der Waals surface area (Å²) in [5.74, 6) is -0.237. The summed E-state index contributed by atoms with van der Waals surface area (Å²) in [7, 11) is -4.00. The fraction of sp³-hybridized carbons (Fsp3) is 0.269. The van der Waals surface area contributed by atoms with E-state index >= 15 is 0 Å². The van der Waals surface area contributed by atoms with Gasteiger partial charge < -0.3 is 4.42 Å². The Kier molecular flexibility index (Phi) is 6.59. The fourth-order valence-corrected chi connectivity index (χ4v) is 6.14. The number of carbonyl (C=O) groups excluding carboxylic acids is 1. The number of benzene rings is 2.